The van der Waals surface area contributed by atoms with Crippen molar-refractivity contribution in [2.24, 2.45) is 0 Å². The lowest BCUT2D eigenvalue weighted by Gasteiger charge is -2.16. The summed E-state index contributed by atoms with van der Waals surface area (Å²) in [4.78, 5) is 12.3. The van der Waals surface area contributed by atoms with Crippen LogP contribution in [0.4, 0.5) is 11.4 Å². The standard InChI is InChI=1S/C19H20N4O3S/c20-13-15-5-3-7-17(11-15)22-19(24)14-21-16-6-4-8-18(12-16)27(25,26)23-9-1-2-10-23/h3-8,11-12,21H,1-2,9-10,14H2,(H,22,24). The fourth-order valence-electron chi connectivity index (χ4n) is 2.90. The fourth-order valence-corrected chi connectivity index (χ4v) is 4.46. The Balaban J connectivity index is 1.63. The molecule has 0 atom stereocenters. The van der Waals surface area contributed by atoms with Crippen molar-refractivity contribution in [3.8, 4) is 6.07 Å². The first-order valence-electron chi connectivity index (χ1n) is 8.63. The third kappa shape index (κ3) is 4.64. The van der Waals surface area contributed by atoms with Crippen LogP contribution in [0.25, 0.3) is 0 Å². The number of nitrogens with zero attached hydrogens (tertiary/aromatic N) is 2. The van der Waals surface area contributed by atoms with Crippen LogP contribution < -0.4 is 10.6 Å². The van der Waals surface area contributed by atoms with Crippen molar-refractivity contribution in [1.29, 1.82) is 5.26 Å². The highest BCUT2D eigenvalue weighted by molar-refractivity contribution is 7.89. The van der Waals surface area contributed by atoms with Crippen LogP contribution in [-0.2, 0) is 14.8 Å². The maximum Gasteiger partial charge on any atom is 0.243 e. The first-order valence-corrected chi connectivity index (χ1v) is 10.1. The molecule has 1 aliphatic rings. The summed E-state index contributed by atoms with van der Waals surface area (Å²) in [6.45, 7) is 1.07. The Hall–Kier alpha value is -2.89. The van der Waals surface area contributed by atoms with Gasteiger partial charge in [-0.25, -0.2) is 8.42 Å². The molecule has 1 amide bonds. The van der Waals surface area contributed by atoms with Crippen molar-refractivity contribution in [2.75, 3.05) is 30.3 Å². The molecule has 0 radical (unpaired) electrons. The zero-order chi connectivity index (χ0) is 19.3. The van der Waals surface area contributed by atoms with Crippen LogP contribution in [0.2, 0.25) is 0 Å². The van der Waals surface area contributed by atoms with E-state index in [-0.39, 0.29) is 17.3 Å². The Morgan fingerprint density at radius 1 is 1.07 bits per heavy atom. The predicted molar refractivity (Wildman–Crippen MR) is 103 cm³/mol. The number of nitrogens with one attached hydrogen (secondary N) is 2. The van der Waals surface area contributed by atoms with Gasteiger partial charge in [-0.05, 0) is 49.2 Å². The van der Waals surface area contributed by atoms with Gasteiger partial charge in [0, 0.05) is 24.5 Å². The number of rotatable bonds is 6. The summed E-state index contributed by atoms with van der Waals surface area (Å²) in [5, 5.41) is 14.5. The molecule has 0 unspecified atom stereocenters. The third-order valence-electron chi connectivity index (χ3n) is 4.27. The number of carbonyl (C=O) groups excluding carboxylic acids is 1. The van der Waals surface area contributed by atoms with Gasteiger partial charge in [0.2, 0.25) is 15.9 Å². The number of anilines is 2. The molecule has 0 aliphatic carbocycles. The second kappa shape index (κ2) is 8.20. The zero-order valence-corrected chi connectivity index (χ0v) is 15.5. The molecule has 1 heterocycles. The smallest absolute Gasteiger partial charge is 0.243 e. The van der Waals surface area contributed by atoms with Gasteiger partial charge in [-0.3, -0.25) is 4.79 Å². The average molecular weight is 384 g/mol. The lowest BCUT2D eigenvalue weighted by Crippen LogP contribution is -2.28. The third-order valence-corrected chi connectivity index (χ3v) is 6.16. The van der Waals surface area contributed by atoms with Crippen molar-refractivity contribution in [1.82, 2.24) is 4.31 Å². The van der Waals surface area contributed by atoms with Crippen molar-refractivity contribution in [3.05, 3.63) is 54.1 Å². The topological polar surface area (TPSA) is 102 Å². The van der Waals surface area contributed by atoms with E-state index in [1.165, 1.54) is 10.4 Å². The molecular weight excluding hydrogens is 364 g/mol. The van der Waals surface area contributed by atoms with Crippen LogP contribution in [0.5, 0.6) is 0 Å². The Kier molecular flexibility index (Phi) is 5.74. The summed E-state index contributed by atoms with van der Waals surface area (Å²) >= 11 is 0. The van der Waals surface area contributed by atoms with Gasteiger partial charge >= 0.3 is 0 Å². The monoisotopic (exact) mass is 384 g/mol. The summed E-state index contributed by atoms with van der Waals surface area (Å²) in [6, 6.07) is 15.1. The number of hydrogen-bond donors (Lipinski definition) is 2. The van der Waals surface area contributed by atoms with E-state index >= 15 is 0 Å². The van der Waals surface area contributed by atoms with Gasteiger partial charge < -0.3 is 10.6 Å². The first kappa shape index (κ1) is 18.9. The highest BCUT2D eigenvalue weighted by Crippen LogP contribution is 2.23. The van der Waals surface area contributed by atoms with Gasteiger partial charge in [0.05, 0.1) is 23.1 Å². The zero-order valence-electron chi connectivity index (χ0n) is 14.7. The van der Waals surface area contributed by atoms with Crippen molar-refractivity contribution < 1.29 is 13.2 Å². The van der Waals surface area contributed by atoms with E-state index in [0.717, 1.165) is 12.8 Å². The van der Waals surface area contributed by atoms with E-state index in [1.807, 2.05) is 6.07 Å². The summed E-state index contributed by atoms with van der Waals surface area (Å²) in [7, 11) is -3.49. The molecule has 0 bridgehead atoms. The molecule has 2 aromatic rings. The van der Waals surface area contributed by atoms with E-state index in [0.29, 0.717) is 30.0 Å². The Morgan fingerprint density at radius 3 is 2.52 bits per heavy atom. The maximum atomic E-state index is 12.6. The summed E-state index contributed by atoms with van der Waals surface area (Å²) in [5.74, 6) is -0.294. The molecule has 2 N–H and O–H groups in total. The van der Waals surface area contributed by atoms with E-state index in [9.17, 15) is 13.2 Å². The molecule has 2 aromatic carbocycles. The average Bonchev–Trinajstić information content (AvgIpc) is 3.22. The highest BCUT2D eigenvalue weighted by atomic mass is 32.2. The molecule has 0 saturated carbocycles. The molecular formula is C19H20N4O3S. The molecule has 0 aromatic heterocycles. The van der Waals surface area contributed by atoms with Crippen molar-refractivity contribution >= 4 is 27.3 Å². The lowest BCUT2D eigenvalue weighted by atomic mass is 10.2. The second-order valence-corrected chi connectivity index (χ2v) is 8.17. The van der Waals surface area contributed by atoms with Crippen LogP contribution in [-0.4, -0.2) is 38.3 Å². The molecule has 8 heteroatoms. The quantitative estimate of drug-likeness (QED) is 0.796. The normalized spacial score (nSPS) is 14.5. The van der Waals surface area contributed by atoms with E-state index < -0.39 is 10.0 Å². The molecule has 1 saturated heterocycles. The van der Waals surface area contributed by atoms with Gasteiger partial charge in [0.15, 0.2) is 0 Å². The van der Waals surface area contributed by atoms with Gasteiger partial charge in [-0.2, -0.15) is 9.57 Å². The van der Waals surface area contributed by atoms with Crippen LogP contribution in [0.1, 0.15) is 18.4 Å². The minimum absolute atomic E-state index is 0.0238. The Bertz CT molecular complexity index is 976. The van der Waals surface area contributed by atoms with Crippen molar-refractivity contribution in [2.45, 2.75) is 17.7 Å². The van der Waals surface area contributed by atoms with E-state index in [2.05, 4.69) is 10.6 Å². The van der Waals surface area contributed by atoms with E-state index in [4.69, 9.17) is 5.26 Å². The lowest BCUT2D eigenvalue weighted by molar-refractivity contribution is -0.114. The maximum absolute atomic E-state index is 12.6. The Labute approximate surface area is 158 Å². The van der Waals surface area contributed by atoms with Crippen LogP contribution in [0, 0.1) is 11.3 Å². The second-order valence-electron chi connectivity index (χ2n) is 6.23. The van der Waals surface area contributed by atoms with E-state index in [1.54, 1.807) is 42.5 Å². The number of amides is 1. The number of sulfonamides is 1. The van der Waals surface area contributed by atoms with Crippen LogP contribution >= 0.6 is 0 Å². The largest absolute Gasteiger partial charge is 0.376 e. The summed E-state index contributed by atoms with van der Waals surface area (Å²) in [5.41, 5.74) is 1.54. The first-order chi connectivity index (χ1) is 13.0. The summed E-state index contributed by atoms with van der Waals surface area (Å²) < 4.78 is 26.7. The molecule has 3 rings (SSSR count). The number of benzene rings is 2. The molecule has 1 fully saturated rings. The highest BCUT2D eigenvalue weighted by Gasteiger charge is 2.27. The van der Waals surface area contributed by atoms with Gasteiger partial charge in [0.1, 0.15) is 0 Å². The molecule has 27 heavy (non-hydrogen) atoms. The molecule has 140 valence electrons. The van der Waals surface area contributed by atoms with Gasteiger partial charge in [0.25, 0.3) is 0 Å². The number of carbonyl (C=O) groups is 1. The predicted octanol–water partition coefficient (Wildman–Crippen LogP) is 2.39. The van der Waals surface area contributed by atoms with Crippen LogP contribution in [0.15, 0.2) is 53.4 Å². The Morgan fingerprint density at radius 2 is 1.78 bits per heavy atom. The number of nitriles is 1. The number of hydrogen-bond acceptors (Lipinski definition) is 5. The minimum Gasteiger partial charge on any atom is -0.376 e. The SMILES string of the molecule is N#Cc1cccc(NC(=O)CNc2cccc(S(=O)(=O)N3CCCC3)c2)c1. The van der Waals surface area contributed by atoms with Crippen LogP contribution in [0.3, 0.4) is 0 Å². The van der Waals surface area contributed by atoms with Crippen molar-refractivity contribution in [3.63, 3.8) is 0 Å². The fraction of sp³-hybridized carbons (Fsp3) is 0.263. The van der Waals surface area contributed by atoms with Gasteiger partial charge in [-0.15, -0.1) is 0 Å². The minimum atomic E-state index is -3.49. The molecule has 0 spiro atoms. The van der Waals surface area contributed by atoms with Gasteiger partial charge in [-0.1, -0.05) is 12.1 Å². The molecule has 1 aliphatic heterocycles. The summed E-state index contributed by atoms with van der Waals surface area (Å²) in [6.07, 6.45) is 1.76. The molecule has 7 nitrogen and oxygen atoms in total.